The molecule has 0 aliphatic carbocycles. The monoisotopic (exact) mass is 301 g/mol. The number of nitrogens with one attached hydrogen (secondary N) is 1. The van der Waals surface area contributed by atoms with Gasteiger partial charge in [0.15, 0.2) is 0 Å². The topological polar surface area (TPSA) is 15.8 Å². The molecule has 2 aromatic rings. The summed E-state index contributed by atoms with van der Waals surface area (Å²) >= 11 is 0. The predicted molar refractivity (Wildman–Crippen MR) is 97.3 cm³/mol. The minimum absolute atomic E-state index is 1.18. The van der Waals surface area contributed by atoms with Crippen molar-refractivity contribution in [3.8, 4) is 0 Å². The average Bonchev–Trinajstić information content (AvgIpc) is 2.88. The lowest BCUT2D eigenvalue weighted by Gasteiger charge is -2.38. The third-order valence-corrected chi connectivity index (χ3v) is 4.87. The van der Waals surface area contributed by atoms with E-state index in [4.69, 9.17) is 0 Å². The van der Waals surface area contributed by atoms with Gasteiger partial charge in [-0.25, -0.2) is 0 Å². The van der Waals surface area contributed by atoms with E-state index in [1.165, 1.54) is 78.4 Å². The van der Waals surface area contributed by atoms with E-state index < -0.39 is 0 Å². The van der Waals surface area contributed by atoms with E-state index in [0.29, 0.717) is 0 Å². The Labute approximate surface area is 136 Å². The summed E-state index contributed by atoms with van der Waals surface area (Å²) in [5.74, 6) is 0. The molecule has 0 saturated carbocycles. The zero-order chi connectivity index (χ0) is 16.0. The largest absolute Gasteiger partial charge is 0.361 e. The zero-order valence-electron chi connectivity index (χ0n) is 14.9. The lowest BCUT2D eigenvalue weighted by Crippen LogP contribution is -2.51. The summed E-state index contributed by atoms with van der Waals surface area (Å²) in [6.07, 6.45) is 7.26. The van der Waals surface area contributed by atoms with Gasteiger partial charge in [-0.2, -0.15) is 0 Å². The molecule has 0 radical (unpaired) electrons. The number of nitrogens with zero attached hydrogens (tertiary/aromatic N) is 1. The molecule has 1 aromatic heterocycles. The molecule has 122 valence electrons. The molecular formula is C20H33N2+. The second-order valence-electron chi connectivity index (χ2n) is 6.85. The lowest BCUT2D eigenvalue weighted by molar-refractivity contribution is -0.928. The number of quaternary nitrogens is 1. The predicted octanol–water partition coefficient (Wildman–Crippen LogP) is 5.07. The molecule has 1 N–H and O–H groups in total. The summed E-state index contributed by atoms with van der Waals surface area (Å²) in [5, 5.41) is 1.42. The number of aryl methyl sites for hydroxylation is 1. The van der Waals surface area contributed by atoms with Gasteiger partial charge < -0.3 is 9.47 Å². The molecule has 0 amide bonds. The van der Waals surface area contributed by atoms with Crippen LogP contribution < -0.4 is 0 Å². The Balaban J connectivity index is 2.17. The molecule has 0 fully saturated rings. The van der Waals surface area contributed by atoms with Crippen molar-refractivity contribution in [1.82, 2.24) is 4.98 Å². The molecule has 0 bridgehead atoms. The average molecular weight is 301 g/mol. The van der Waals surface area contributed by atoms with Crippen LogP contribution in [0.2, 0.25) is 0 Å². The number of aromatic amines is 1. The maximum atomic E-state index is 3.44. The number of H-pyrrole nitrogens is 1. The van der Waals surface area contributed by atoms with Crippen LogP contribution in [0.3, 0.4) is 0 Å². The first-order valence-electron chi connectivity index (χ1n) is 9.06. The molecule has 0 atom stereocenters. The lowest BCUT2D eigenvalue weighted by atomic mass is 10.1. The molecule has 2 rings (SSSR count). The first kappa shape index (κ1) is 17.1. The highest BCUT2D eigenvalue weighted by Gasteiger charge is 2.24. The molecule has 0 saturated heterocycles. The Morgan fingerprint density at radius 3 is 2.14 bits per heavy atom. The SMILES string of the molecule is CCC[N+](CCC)(CCC)CCc1c[nH]c2ccc(C)cc12. The summed E-state index contributed by atoms with van der Waals surface area (Å²) in [4.78, 5) is 3.44. The maximum Gasteiger partial charge on any atom is 0.0828 e. The number of benzene rings is 1. The molecule has 0 spiro atoms. The Kier molecular flexibility index (Phi) is 6.07. The van der Waals surface area contributed by atoms with Gasteiger partial charge in [-0.3, -0.25) is 0 Å². The quantitative estimate of drug-likeness (QED) is 0.623. The molecule has 0 unspecified atom stereocenters. The van der Waals surface area contributed by atoms with Crippen LogP contribution in [0.15, 0.2) is 24.4 Å². The van der Waals surface area contributed by atoms with Crippen LogP contribution in [0.1, 0.15) is 51.2 Å². The van der Waals surface area contributed by atoms with Crippen molar-refractivity contribution in [1.29, 1.82) is 0 Å². The molecule has 22 heavy (non-hydrogen) atoms. The summed E-state index contributed by atoms with van der Waals surface area (Å²) in [5.41, 5.74) is 4.12. The molecule has 2 heteroatoms. The normalized spacial score (nSPS) is 12.2. The van der Waals surface area contributed by atoms with E-state index in [1.807, 2.05) is 0 Å². The fraction of sp³-hybridized carbons (Fsp3) is 0.600. The van der Waals surface area contributed by atoms with Crippen LogP contribution in [-0.2, 0) is 6.42 Å². The van der Waals surface area contributed by atoms with Gasteiger partial charge in [0.2, 0.25) is 0 Å². The third kappa shape index (κ3) is 3.92. The Morgan fingerprint density at radius 2 is 1.55 bits per heavy atom. The van der Waals surface area contributed by atoms with Gasteiger partial charge in [-0.1, -0.05) is 32.4 Å². The fourth-order valence-corrected chi connectivity index (χ4v) is 3.95. The summed E-state index contributed by atoms with van der Waals surface area (Å²) < 4.78 is 1.29. The standard InChI is InChI=1S/C20H33N2/c1-5-11-22(12-6-2,13-7-3)14-10-18-16-21-20-9-8-17(4)15-19(18)20/h8-9,15-16,21H,5-7,10-14H2,1-4H3/q+1. The van der Waals surface area contributed by atoms with E-state index in [0.717, 1.165) is 0 Å². The highest BCUT2D eigenvalue weighted by Crippen LogP contribution is 2.22. The second-order valence-corrected chi connectivity index (χ2v) is 6.85. The number of aromatic nitrogens is 1. The summed E-state index contributed by atoms with van der Waals surface area (Å²) in [6, 6.07) is 6.73. The van der Waals surface area contributed by atoms with Crippen LogP contribution in [0.5, 0.6) is 0 Å². The van der Waals surface area contributed by atoms with Crippen LogP contribution in [0.4, 0.5) is 0 Å². The molecule has 0 aliphatic heterocycles. The van der Waals surface area contributed by atoms with Crippen molar-refractivity contribution in [3.05, 3.63) is 35.5 Å². The van der Waals surface area contributed by atoms with Crippen molar-refractivity contribution in [3.63, 3.8) is 0 Å². The van der Waals surface area contributed by atoms with Gasteiger partial charge in [0, 0.05) is 23.5 Å². The first-order valence-corrected chi connectivity index (χ1v) is 9.06. The van der Waals surface area contributed by atoms with Crippen molar-refractivity contribution in [2.45, 2.75) is 53.4 Å². The second kappa shape index (κ2) is 7.82. The van der Waals surface area contributed by atoms with Gasteiger partial charge in [0.25, 0.3) is 0 Å². The van der Waals surface area contributed by atoms with E-state index >= 15 is 0 Å². The van der Waals surface area contributed by atoms with Gasteiger partial charge >= 0.3 is 0 Å². The Morgan fingerprint density at radius 1 is 0.909 bits per heavy atom. The Hall–Kier alpha value is -1.28. The minimum Gasteiger partial charge on any atom is -0.361 e. The van der Waals surface area contributed by atoms with E-state index in [1.54, 1.807) is 0 Å². The van der Waals surface area contributed by atoms with Crippen molar-refractivity contribution in [2.24, 2.45) is 0 Å². The summed E-state index contributed by atoms with van der Waals surface area (Å²) in [7, 11) is 0. The number of hydrogen-bond donors (Lipinski definition) is 1. The van der Waals surface area contributed by atoms with Crippen molar-refractivity contribution in [2.75, 3.05) is 26.2 Å². The van der Waals surface area contributed by atoms with Crippen molar-refractivity contribution >= 4 is 10.9 Å². The third-order valence-electron chi connectivity index (χ3n) is 4.87. The molecule has 1 aromatic carbocycles. The van der Waals surface area contributed by atoms with Crippen molar-refractivity contribution < 1.29 is 4.48 Å². The summed E-state index contributed by atoms with van der Waals surface area (Å²) in [6.45, 7) is 14.4. The molecular weight excluding hydrogens is 268 g/mol. The number of hydrogen-bond acceptors (Lipinski definition) is 0. The van der Waals surface area contributed by atoms with Crippen LogP contribution >= 0.6 is 0 Å². The number of fused-ring (bicyclic) bond motifs is 1. The van der Waals surface area contributed by atoms with Crippen LogP contribution in [-0.4, -0.2) is 35.6 Å². The van der Waals surface area contributed by atoms with E-state index in [2.05, 4.69) is 57.1 Å². The van der Waals surface area contributed by atoms with E-state index in [-0.39, 0.29) is 0 Å². The first-order chi connectivity index (χ1) is 10.6. The maximum absolute atomic E-state index is 3.44. The molecule has 0 aliphatic rings. The van der Waals surface area contributed by atoms with Crippen LogP contribution in [0.25, 0.3) is 10.9 Å². The molecule has 1 heterocycles. The molecule has 2 nitrogen and oxygen atoms in total. The van der Waals surface area contributed by atoms with Gasteiger partial charge in [0.05, 0.1) is 26.2 Å². The zero-order valence-corrected chi connectivity index (χ0v) is 14.9. The highest BCUT2D eigenvalue weighted by molar-refractivity contribution is 5.83. The number of rotatable bonds is 9. The Bertz CT molecular complexity index is 565. The van der Waals surface area contributed by atoms with Gasteiger partial charge in [0.1, 0.15) is 0 Å². The smallest absolute Gasteiger partial charge is 0.0828 e. The minimum atomic E-state index is 1.18. The van der Waals surface area contributed by atoms with Gasteiger partial charge in [-0.15, -0.1) is 0 Å². The highest BCUT2D eigenvalue weighted by atomic mass is 15.3. The fourth-order valence-electron chi connectivity index (χ4n) is 3.95. The van der Waals surface area contributed by atoms with E-state index in [9.17, 15) is 0 Å². The van der Waals surface area contributed by atoms with Crippen LogP contribution in [0, 0.1) is 6.92 Å². The van der Waals surface area contributed by atoms with Gasteiger partial charge in [-0.05, 0) is 43.9 Å².